The van der Waals surface area contributed by atoms with E-state index in [1.54, 1.807) is 36.4 Å². The lowest BCUT2D eigenvalue weighted by atomic mass is 9.67. The van der Waals surface area contributed by atoms with Crippen molar-refractivity contribution in [2.75, 3.05) is 34.6 Å². The van der Waals surface area contributed by atoms with Crippen LogP contribution in [0.4, 0.5) is 0 Å². The third kappa shape index (κ3) is 6.15. The number of rotatable bonds is 13. The summed E-state index contributed by atoms with van der Waals surface area (Å²) in [6, 6.07) is 9.79. The highest BCUT2D eigenvalue weighted by atomic mass is 31.1. The maximum atomic E-state index is 14.0. The van der Waals surface area contributed by atoms with Gasteiger partial charge in [-0.3, -0.25) is 14.2 Å². The van der Waals surface area contributed by atoms with Crippen molar-refractivity contribution in [3.8, 4) is 23.0 Å². The molecule has 0 amide bonds. The van der Waals surface area contributed by atoms with E-state index in [9.17, 15) is 14.2 Å². The number of carbonyl (C=O) groups is 2. The molecule has 0 heterocycles. The Kier molecular flexibility index (Phi) is 9.63. The van der Waals surface area contributed by atoms with Crippen molar-refractivity contribution in [3.05, 3.63) is 47.5 Å². The summed E-state index contributed by atoms with van der Waals surface area (Å²) in [5, 5.41) is 0. The Morgan fingerprint density at radius 1 is 0.824 bits per heavy atom. The average Bonchev–Trinajstić information content (AvgIpc) is 2.82. The first-order valence-electron chi connectivity index (χ1n) is 10.9. The smallest absolute Gasteiger partial charge is 0.177 e. The highest BCUT2D eigenvalue weighted by molar-refractivity contribution is 7.23. The second-order valence-corrected chi connectivity index (χ2v) is 9.53. The number of benzene rings is 2. The Balaban J connectivity index is 2.64. The minimum Gasteiger partial charge on any atom is -0.497 e. The van der Waals surface area contributed by atoms with Crippen LogP contribution in [-0.2, 0) is 4.57 Å². The average molecular weight is 489 g/mol. The molecule has 0 spiro atoms. The van der Waals surface area contributed by atoms with Crippen LogP contribution in [0.3, 0.4) is 0 Å². The van der Waals surface area contributed by atoms with Gasteiger partial charge in [0, 0.05) is 18.3 Å². The number of carbonyl (C=O) groups excluding carboxylic acids is 2. The van der Waals surface area contributed by atoms with Gasteiger partial charge in [-0.25, -0.2) is 0 Å². The molecule has 0 aliphatic heterocycles. The molecule has 2 rings (SSSR count). The summed E-state index contributed by atoms with van der Waals surface area (Å²) < 4.78 is 32.6. The van der Waals surface area contributed by atoms with E-state index in [-0.39, 0.29) is 37.1 Å². The Morgan fingerprint density at radius 3 is 1.62 bits per heavy atom. The molecule has 0 saturated heterocycles. The quantitative estimate of drug-likeness (QED) is 0.202. The van der Waals surface area contributed by atoms with E-state index in [4.69, 9.17) is 18.9 Å². The standard InChI is InChI=1S/C26H33O7P/c1-16(15-34-29)14-26(2,3)23(24(27)19-10-8-17(30-4)12-21(19)32-6)25(28)20-11-9-18(31-5)13-22(20)33-7/h8-13,16,23H,14-15H2,1-7H3. The lowest BCUT2D eigenvalue weighted by Gasteiger charge is -2.35. The van der Waals surface area contributed by atoms with Crippen LogP contribution in [0.1, 0.15) is 47.9 Å². The first-order chi connectivity index (χ1) is 16.1. The molecule has 1 unspecified atom stereocenters. The number of hydrogen-bond acceptors (Lipinski definition) is 7. The van der Waals surface area contributed by atoms with E-state index >= 15 is 0 Å². The molecular weight excluding hydrogens is 455 g/mol. The highest BCUT2D eigenvalue weighted by Gasteiger charge is 2.43. The van der Waals surface area contributed by atoms with Gasteiger partial charge in [0.2, 0.25) is 0 Å². The van der Waals surface area contributed by atoms with Gasteiger partial charge in [-0.05, 0) is 42.0 Å². The van der Waals surface area contributed by atoms with Crippen LogP contribution in [-0.4, -0.2) is 46.2 Å². The van der Waals surface area contributed by atoms with Crippen LogP contribution in [0.25, 0.3) is 0 Å². The normalized spacial score (nSPS) is 12.4. The van der Waals surface area contributed by atoms with Gasteiger partial charge in [0.25, 0.3) is 0 Å². The van der Waals surface area contributed by atoms with Crippen LogP contribution < -0.4 is 18.9 Å². The fourth-order valence-electron chi connectivity index (χ4n) is 4.35. The van der Waals surface area contributed by atoms with Crippen LogP contribution in [0.5, 0.6) is 23.0 Å². The Hall–Kier alpha value is -2.92. The molecular formula is C26H33O7P. The van der Waals surface area contributed by atoms with Gasteiger partial charge < -0.3 is 18.9 Å². The molecule has 184 valence electrons. The van der Waals surface area contributed by atoms with Crippen LogP contribution in [0, 0.1) is 17.3 Å². The van der Waals surface area contributed by atoms with Crippen LogP contribution in [0.15, 0.2) is 36.4 Å². The van der Waals surface area contributed by atoms with Crippen molar-refractivity contribution < 1.29 is 33.1 Å². The molecule has 7 nitrogen and oxygen atoms in total. The number of hydrogen-bond donors (Lipinski definition) is 0. The highest BCUT2D eigenvalue weighted by Crippen LogP contribution is 2.42. The predicted octanol–water partition coefficient (Wildman–Crippen LogP) is 5.75. The molecule has 1 atom stereocenters. The molecule has 2 aromatic rings. The van der Waals surface area contributed by atoms with Crippen molar-refractivity contribution in [1.29, 1.82) is 0 Å². The molecule has 34 heavy (non-hydrogen) atoms. The molecule has 0 aliphatic rings. The number of Topliss-reactive ketones (excluding diaryl/α,β-unsaturated/α-hetero) is 2. The van der Waals surface area contributed by atoms with Crippen LogP contribution >= 0.6 is 8.46 Å². The lowest BCUT2D eigenvalue weighted by molar-refractivity contribution is 0.0639. The van der Waals surface area contributed by atoms with Gasteiger partial charge in [0.1, 0.15) is 23.0 Å². The van der Waals surface area contributed by atoms with Crippen molar-refractivity contribution in [1.82, 2.24) is 0 Å². The molecule has 0 aromatic heterocycles. The molecule has 0 aliphatic carbocycles. The third-order valence-electron chi connectivity index (χ3n) is 5.91. The fourth-order valence-corrected chi connectivity index (χ4v) is 4.74. The lowest BCUT2D eigenvalue weighted by Crippen LogP contribution is -2.39. The molecule has 0 bridgehead atoms. The maximum Gasteiger partial charge on any atom is 0.177 e. The van der Waals surface area contributed by atoms with E-state index in [2.05, 4.69) is 0 Å². The Bertz CT molecular complexity index is 964. The number of ketones is 2. The summed E-state index contributed by atoms with van der Waals surface area (Å²) in [5.74, 6) is -0.00318. The van der Waals surface area contributed by atoms with Crippen molar-refractivity contribution in [3.63, 3.8) is 0 Å². The number of ether oxygens (including phenoxy) is 4. The van der Waals surface area contributed by atoms with Crippen molar-refractivity contribution >= 4 is 20.0 Å². The van der Waals surface area contributed by atoms with Gasteiger partial charge in [-0.2, -0.15) is 0 Å². The molecule has 0 radical (unpaired) electrons. The SMILES string of the molecule is COc1ccc(C(=O)C(C(=O)c2ccc(OC)cc2OC)C(C)(C)CC(C)CP=O)c(OC)c1. The van der Waals surface area contributed by atoms with Crippen molar-refractivity contribution in [2.45, 2.75) is 27.2 Å². The summed E-state index contributed by atoms with van der Waals surface area (Å²) in [5.41, 5.74) is -0.178. The summed E-state index contributed by atoms with van der Waals surface area (Å²) in [7, 11) is 6.02. The summed E-state index contributed by atoms with van der Waals surface area (Å²) in [4.78, 5) is 28.0. The van der Waals surface area contributed by atoms with Gasteiger partial charge >= 0.3 is 0 Å². The van der Waals surface area contributed by atoms with E-state index in [0.29, 0.717) is 35.6 Å². The monoisotopic (exact) mass is 488 g/mol. The Morgan fingerprint density at radius 2 is 1.26 bits per heavy atom. The molecule has 0 fully saturated rings. The zero-order valence-electron chi connectivity index (χ0n) is 20.8. The zero-order valence-corrected chi connectivity index (χ0v) is 21.7. The van der Waals surface area contributed by atoms with E-state index in [1.165, 1.54) is 28.4 Å². The third-order valence-corrected chi connectivity index (χ3v) is 6.69. The number of methoxy groups -OCH3 is 4. The van der Waals surface area contributed by atoms with E-state index in [1.807, 2.05) is 20.8 Å². The second-order valence-electron chi connectivity index (χ2n) is 8.90. The summed E-state index contributed by atoms with van der Waals surface area (Å²) >= 11 is 0. The zero-order chi connectivity index (χ0) is 25.5. The van der Waals surface area contributed by atoms with Gasteiger partial charge in [0.15, 0.2) is 20.0 Å². The predicted molar refractivity (Wildman–Crippen MR) is 131 cm³/mol. The van der Waals surface area contributed by atoms with Crippen molar-refractivity contribution in [2.24, 2.45) is 17.3 Å². The largest absolute Gasteiger partial charge is 0.497 e. The molecule has 0 N–H and O–H groups in total. The minimum atomic E-state index is -1.04. The van der Waals surface area contributed by atoms with Gasteiger partial charge in [-0.15, -0.1) is 0 Å². The first-order valence-corrected chi connectivity index (χ1v) is 11.9. The minimum absolute atomic E-state index is 0.0308. The first kappa shape index (κ1) is 27.3. The van der Waals surface area contributed by atoms with E-state index < -0.39 is 11.3 Å². The van der Waals surface area contributed by atoms with Gasteiger partial charge in [0.05, 0.1) is 45.5 Å². The molecule has 8 heteroatoms. The fraction of sp³-hybridized carbons (Fsp3) is 0.462. The maximum absolute atomic E-state index is 14.0. The topological polar surface area (TPSA) is 88.1 Å². The molecule has 0 saturated carbocycles. The molecule has 2 aromatic carbocycles. The van der Waals surface area contributed by atoms with E-state index in [0.717, 1.165) is 0 Å². The Labute approximate surface area is 202 Å². The summed E-state index contributed by atoms with van der Waals surface area (Å²) in [6.07, 6.45) is 0.956. The second kappa shape index (κ2) is 12.0. The van der Waals surface area contributed by atoms with Gasteiger partial charge in [-0.1, -0.05) is 20.8 Å². The van der Waals surface area contributed by atoms with Crippen LogP contribution in [0.2, 0.25) is 0 Å². The summed E-state index contributed by atoms with van der Waals surface area (Å²) in [6.45, 7) is 5.73.